The van der Waals surface area contributed by atoms with E-state index in [1.54, 1.807) is 13.8 Å². The Balaban J connectivity index is 2.73. The van der Waals surface area contributed by atoms with Gasteiger partial charge in [0.25, 0.3) is 0 Å². The van der Waals surface area contributed by atoms with Gasteiger partial charge in [0, 0.05) is 0 Å². The minimum absolute atomic E-state index is 0.225. The van der Waals surface area contributed by atoms with Crippen LogP contribution in [-0.2, 0) is 0 Å². The van der Waals surface area contributed by atoms with Gasteiger partial charge in [0.2, 0.25) is 0 Å². The highest BCUT2D eigenvalue weighted by Crippen LogP contribution is 2.42. The van der Waals surface area contributed by atoms with Crippen molar-refractivity contribution in [3.63, 3.8) is 0 Å². The molecule has 2 heteroatoms. The summed E-state index contributed by atoms with van der Waals surface area (Å²) in [6, 6.07) is 0. The van der Waals surface area contributed by atoms with E-state index in [0.717, 1.165) is 19.3 Å². The molecule has 2 N–H and O–H groups in total. The van der Waals surface area contributed by atoms with E-state index < -0.39 is 11.7 Å². The normalized spacial score (nSPS) is 29.8. The zero-order chi connectivity index (χ0) is 12.4. The van der Waals surface area contributed by atoms with E-state index in [9.17, 15) is 5.11 Å². The van der Waals surface area contributed by atoms with Gasteiger partial charge in [-0.05, 0) is 44.4 Å². The first-order valence-corrected chi connectivity index (χ1v) is 6.16. The summed E-state index contributed by atoms with van der Waals surface area (Å²) in [4.78, 5) is 0. The number of aliphatic hydroxyl groups is 2. The van der Waals surface area contributed by atoms with Crippen LogP contribution >= 0.6 is 0 Å². The topological polar surface area (TPSA) is 40.5 Å². The number of rotatable bonds is 1. The Bertz CT molecular complexity index is 292. The molecule has 1 aliphatic rings. The number of aliphatic hydroxyl groups excluding tert-OH is 1. The van der Waals surface area contributed by atoms with Crippen LogP contribution < -0.4 is 0 Å². The van der Waals surface area contributed by atoms with Gasteiger partial charge >= 0.3 is 0 Å². The summed E-state index contributed by atoms with van der Waals surface area (Å²) in [7, 11) is 0. The highest BCUT2D eigenvalue weighted by atomic mass is 16.3. The minimum atomic E-state index is -0.964. The van der Waals surface area contributed by atoms with Crippen LogP contribution in [0.4, 0.5) is 0 Å². The molecule has 2 nitrogen and oxygen atoms in total. The maximum Gasteiger partial charge on any atom is 0.125 e. The third-order valence-corrected chi connectivity index (χ3v) is 3.53. The lowest BCUT2D eigenvalue weighted by Crippen LogP contribution is -2.38. The Hall–Kier alpha value is -0.520. The smallest absolute Gasteiger partial charge is 0.125 e. The Morgan fingerprint density at radius 3 is 2.56 bits per heavy atom. The van der Waals surface area contributed by atoms with Crippen LogP contribution in [0.1, 0.15) is 53.4 Å². The molecule has 0 amide bonds. The summed E-state index contributed by atoms with van der Waals surface area (Å²) >= 11 is 0. The van der Waals surface area contributed by atoms with E-state index in [-0.39, 0.29) is 5.92 Å². The highest BCUT2D eigenvalue weighted by molar-refractivity contribution is 5.16. The molecule has 0 aromatic carbocycles. The Kier molecular flexibility index (Phi) is 4.04. The average molecular weight is 224 g/mol. The fourth-order valence-electron chi connectivity index (χ4n) is 2.53. The summed E-state index contributed by atoms with van der Waals surface area (Å²) in [6.07, 6.45) is 3.76. The van der Waals surface area contributed by atoms with Crippen molar-refractivity contribution >= 4 is 0 Å². The van der Waals surface area contributed by atoms with E-state index in [1.807, 2.05) is 0 Å². The number of hydrogen-bond donors (Lipinski definition) is 2. The maximum absolute atomic E-state index is 10.3. The van der Waals surface area contributed by atoms with E-state index in [1.165, 1.54) is 6.42 Å². The summed E-state index contributed by atoms with van der Waals surface area (Å²) in [5, 5.41) is 19.5. The van der Waals surface area contributed by atoms with Gasteiger partial charge in [-0.3, -0.25) is 0 Å². The lowest BCUT2D eigenvalue weighted by molar-refractivity contribution is 0.00719. The van der Waals surface area contributed by atoms with Crippen molar-refractivity contribution < 1.29 is 10.2 Å². The molecule has 92 valence electrons. The molecular formula is C14H24O2. The molecule has 0 spiro atoms. The molecule has 0 heterocycles. The van der Waals surface area contributed by atoms with Gasteiger partial charge in [-0.25, -0.2) is 0 Å². The molecule has 0 aromatic heterocycles. The Labute approximate surface area is 99.1 Å². The lowest BCUT2D eigenvalue weighted by atomic mass is 9.67. The standard InChI is InChI=1S/C14H24O2/c1-11(15)7-9-14(4,16)12-6-5-8-13(2,3)10-12/h11-12,15-16H,5-6,8,10H2,1-4H3. The summed E-state index contributed by atoms with van der Waals surface area (Å²) in [5.74, 6) is 5.71. The van der Waals surface area contributed by atoms with Crippen LogP contribution in [0.15, 0.2) is 0 Å². The van der Waals surface area contributed by atoms with Crippen molar-refractivity contribution in [3.8, 4) is 11.8 Å². The quantitative estimate of drug-likeness (QED) is 0.671. The summed E-state index contributed by atoms with van der Waals surface area (Å²) in [5.41, 5.74) is -0.659. The molecule has 0 bridgehead atoms. The first-order valence-electron chi connectivity index (χ1n) is 6.16. The molecule has 1 rings (SSSR count). The molecular weight excluding hydrogens is 200 g/mol. The van der Waals surface area contributed by atoms with E-state index in [4.69, 9.17) is 5.11 Å². The van der Waals surface area contributed by atoms with Crippen molar-refractivity contribution in [2.75, 3.05) is 0 Å². The molecule has 0 aromatic rings. The predicted octanol–water partition coefficient (Wildman–Crippen LogP) is 2.34. The SMILES string of the molecule is CC(O)C#CC(C)(O)C1CCCC(C)(C)C1. The van der Waals surface area contributed by atoms with Gasteiger partial charge in [0.15, 0.2) is 0 Å². The lowest BCUT2D eigenvalue weighted by Gasteiger charge is -2.40. The zero-order valence-corrected chi connectivity index (χ0v) is 10.9. The maximum atomic E-state index is 10.3. The van der Waals surface area contributed by atoms with E-state index in [0.29, 0.717) is 5.41 Å². The van der Waals surface area contributed by atoms with Gasteiger partial charge in [-0.2, -0.15) is 0 Å². The van der Waals surface area contributed by atoms with Crippen LogP contribution in [0.5, 0.6) is 0 Å². The summed E-state index contributed by atoms with van der Waals surface area (Å²) in [6.45, 7) is 7.89. The number of hydrogen-bond acceptors (Lipinski definition) is 2. The molecule has 16 heavy (non-hydrogen) atoms. The monoisotopic (exact) mass is 224 g/mol. The third-order valence-electron chi connectivity index (χ3n) is 3.53. The van der Waals surface area contributed by atoms with Crippen molar-refractivity contribution in [1.82, 2.24) is 0 Å². The fraction of sp³-hybridized carbons (Fsp3) is 0.857. The van der Waals surface area contributed by atoms with Crippen LogP contribution in [0.25, 0.3) is 0 Å². The fourth-order valence-corrected chi connectivity index (χ4v) is 2.53. The highest BCUT2D eigenvalue weighted by Gasteiger charge is 2.37. The first kappa shape index (κ1) is 13.5. The van der Waals surface area contributed by atoms with Crippen molar-refractivity contribution in [2.24, 2.45) is 11.3 Å². The van der Waals surface area contributed by atoms with Crippen LogP contribution in [-0.4, -0.2) is 21.9 Å². The van der Waals surface area contributed by atoms with Crippen molar-refractivity contribution in [3.05, 3.63) is 0 Å². The van der Waals surface area contributed by atoms with Crippen molar-refractivity contribution in [1.29, 1.82) is 0 Å². The molecule has 1 saturated carbocycles. The van der Waals surface area contributed by atoms with Crippen LogP contribution in [0.3, 0.4) is 0 Å². The van der Waals surface area contributed by atoms with Gasteiger partial charge in [0.05, 0.1) is 0 Å². The molecule has 0 saturated heterocycles. The molecule has 1 fully saturated rings. The average Bonchev–Trinajstić information content (AvgIpc) is 2.13. The molecule has 0 aliphatic heterocycles. The molecule has 3 unspecified atom stereocenters. The predicted molar refractivity (Wildman–Crippen MR) is 65.8 cm³/mol. The van der Waals surface area contributed by atoms with E-state index in [2.05, 4.69) is 25.7 Å². The third kappa shape index (κ3) is 3.81. The molecule has 1 aliphatic carbocycles. The Morgan fingerprint density at radius 1 is 1.44 bits per heavy atom. The largest absolute Gasteiger partial charge is 0.381 e. The Morgan fingerprint density at radius 2 is 2.06 bits per heavy atom. The van der Waals surface area contributed by atoms with Crippen LogP contribution in [0.2, 0.25) is 0 Å². The minimum Gasteiger partial charge on any atom is -0.381 e. The van der Waals surface area contributed by atoms with E-state index >= 15 is 0 Å². The van der Waals surface area contributed by atoms with Crippen molar-refractivity contribution in [2.45, 2.75) is 65.1 Å². The second kappa shape index (κ2) is 4.77. The molecule has 0 radical (unpaired) electrons. The van der Waals surface area contributed by atoms with Gasteiger partial charge in [-0.15, -0.1) is 0 Å². The second-order valence-corrected chi connectivity index (χ2v) is 6.05. The second-order valence-electron chi connectivity index (χ2n) is 6.05. The first-order chi connectivity index (χ1) is 7.23. The zero-order valence-electron chi connectivity index (χ0n) is 10.9. The van der Waals surface area contributed by atoms with Crippen LogP contribution in [0, 0.1) is 23.2 Å². The van der Waals surface area contributed by atoms with Gasteiger partial charge in [0.1, 0.15) is 11.7 Å². The van der Waals surface area contributed by atoms with Gasteiger partial charge < -0.3 is 10.2 Å². The van der Waals surface area contributed by atoms with Gasteiger partial charge in [-0.1, -0.05) is 32.1 Å². The molecule has 3 atom stereocenters. The summed E-state index contributed by atoms with van der Waals surface area (Å²) < 4.78 is 0.